The molecule has 33 heavy (non-hydrogen) atoms. The number of hydrogen-bond acceptors (Lipinski definition) is 5. The summed E-state index contributed by atoms with van der Waals surface area (Å²) in [5, 5.41) is 4.48. The smallest absolute Gasteiger partial charge is 0.471 e. The summed E-state index contributed by atoms with van der Waals surface area (Å²) in [6.45, 7) is 2.12. The Labute approximate surface area is 190 Å². The summed E-state index contributed by atoms with van der Waals surface area (Å²) in [7, 11) is 0. The number of ether oxygens (including phenoxy) is 1. The number of nitrogens with zero attached hydrogens (tertiary/aromatic N) is 2. The molecule has 1 aliphatic rings. The van der Waals surface area contributed by atoms with Crippen molar-refractivity contribution in [1.82, 2.24) is 9.88 Å². The molecule has 0 aliphatic carbocycles. The van der Waals surface area contributed by atoms with Crippen LogP contribution < -0.4 is 10.1 Å². The highest BCUT2D eigenvalue weighted by molar-refractivity contribution is 7.13. The first kappa shape index (κ1) is 25.1. The molecule has 1 fully saturated rings. The molecule has 1 N–H and O–H groups in total. The number of hydrogen-bond donors (Lipinski definition) is 1. The van der Waals surface area contributed by atoms with Gasteiger partial charge in [0.2, 0.25) is 0 Å². The van der Waals surface area contributed by atoms with Crippen LogP contribution in [0.3, 0.4) is 0 Å². The van der Waals surface area contributed by atoms with Crippen LogP contribution in [0.25, 0.3) is 0 Å². The first-order valence-corrected chi connectivity index (χ1v) is 11.3. The first-order valence-electron chi connectivity index (χ1n) is 10.4. The molecule has 1 aliphatic heterocycles. The number of alkyl halides is 6. The number of benzene rings is 1. The average molecular weight is 495 g/mol. The van der Waals surface area contributed by atoms with E-state index in [0.717, 1.165) is 35.1 Å². The lowest BCUT2D eigenvalue weighted by atomic mass is 10.1. The minimum atomic E-state index is -4.98. The number of rotatable bonds is 8. The molecule has 0 bridgehead atoms. The van der Waals surface area contributed by atoms with Crippen LogP contribution in [0.4, 0.5) is 37.2 Å². The van der Waals surface area contributed by atoms with E-state index in [1.807, 2.05) is 6.92 Å². The quantitative estimate of drug-likeness (QED) is 0.327. The number of amides is 1. The average Bonchev–Trinajstić information content (AvgIpc) is 3.39. The molecule has 2 heterocycles. The minimum absolute atomic E-state index is 0.0298. The van der Waals surface area contributed by atoms with Crippen molar-refractivity contribution in [3.05, 3.63) is 34.8 Å². The number of nitrogens with one attached hydrogen (secondary N) is 1. The summed E-state index contributed by atoms with van der Waals surface area (Å²) in [5.74, 6) is -2.19. The van der Waals surface area contributed by atoms with Gasteiger partial charge in [0.15, 0.2) is 5.13 Å². The van der Waals surface area contributed by atoms with Gasteiger partial charge < -0.3 is 15.0 Å². The fourth-order valence-corrected chi connectivity index (χ4v) is 4.37. The monoisotopic (exact) mass is 495 g/mol. The van der Waals surface area contributed by atoms with Crippen molar-refractivity contribution < 1.29 is 35.9 Å². The number of anilines is 2. The summed E-state index contributed by atoms with van der Waals surface area (Å²) in [6.07, 6.45) is -6.47. The van der Waals surface area contributed by atoms with E-state index in [4.69, 9.17) is 4.74 Å². The molecular weight excluding hydrogens is 472 g/mol. The molecule has 0 radical (unpaired) electrons. The van der Waals surface area contributed by atoms with Crippen LogP contribution in [-0.4, -0.2) is 35.1 Å². The van der Waals surface area contributed by atoms with Gasteiger partial charge in [0, 0.05) is 17.6 Å². The van der Waals surface area contributed by atoms with Gasteiger partial charge in [-0.2, -0.15) is 26.3 Å². The number of thiazole rings is 1. The number of carbonyl (C=O) groups excluding carboxylic acids is 1. The van der Waals surface area contributed by atoms with Crippen LogP contribution in [0.1, 0.15) is 56.3 Å². The fourth-order valence-electron chi connectivity index (χ4n) is 3.59. The highest BCUT2D eigenvalue weighted by Gasteiger charge is 2.46. The van der Waals surface area contributed by atoms with Crippen molar-refractivity contribution in [3.8, 4) is 5.75 Å². The molecule has 1 aromatic carbocycles. The van der Waals surface area contributed by atoms with Crippen molar-refractivity contribution in [2.45, 2.75) is 57.4 Å². The van der Waals surface area contributed by atoms with Gasteiger partial charge >= 0.3 is 18.3 Å². The Morgan fingerprint density at radius 3 is 2.67 bits per heavy atom. The Balaban J connectivity index is 1.74. The molecule has 0 spiro atoms. The van der Waals surface area contributed by atoms with Gasteiger partial charge in [-0.15, -0.1) is 11.3 Å². The third-order valence-electron chi connectivity index (χ3n) is 5.16. The van der Waals surface area contributed by atoms with Gasteiger partial charge in [-0.1, -0.05) is 19.8 Å². The number of likely N-dealkylation sites (tertiary alicyclic amines) is 1. The lowest BCUT2D eigenvalue weighted by Crippen LogP contribution is -2.40. The summed E-state index contributed by atoms with van der Waals surface area (Å²) < 4.78 is 84.4. The van der Waals surface area contributed by atoms with E-state index < -0.39 is 29.9 Å². The SMILES string of the molecule is CCCCCOc1ccc(Nc2nc(C3CCCN3C(=O)C(F)(F)F)cs2)cc1C(F)(F)F. The molecule has 1 atom stereocenters. The maximum absolute atomic E-state index is 13.5. The van der Waals surface area contributed by atoms with Gasteiger partial charge in [-0.3, -0.25) is 4.79 Å². The molecule has 1 unspecified atom stereocenters. The van der Waals surface area contributed by atoms with Crippen LogP contribution in [-0.2, 0) is 11.0 Å². The van der Waals surface area contributed by atoms with Crippen LogP contribution in [0, 0.1) is 0 Å². The van der Waals surface area contributed by atoms with Crippen molar-refractivity contribution in [3.63, 3.8) is 0 Å². The summed E-state index contributed by atoms with van der Waals surface area (Å²) in [6, 6.07) is 2.73. The van der Waals surface area contributed by atoms with E-state index in [-0.39, 0.29) is 35.4 Å². The Kier molecular flexibility index (Phi) is 7.76. The highest BCUT2D eigenvalue weighted by Crippen LogP contribution is 2.40. The second-order valence-corrected chi connectivity index (χ2v) is 8.48. The number of aromatic nitrogens is 1. The predicted octanol–water partition coefficient (Wildman–Crippen LogP) is 6.70. The van der Waals surface area contributed by atoms with Gasteiger partial charge in [0.1, 0.15) is 5.75 Å². The molecule has 1 aromatic heterocycles. The topological polar surface area (TPSA) is 54.5 Å². The molecule has 1 saturated heterocycles. The zero-order chi connectivity index (χ0) is 24.2. The summed E-state index contributed by atoms with van der Waals surface area (Å²) >= 11 is 1.04. The van der Waals surface area contributed by atoms with Crippen molar-refractivity contribution in [2.24, 2.45) is 0 Å². The Morgan fingerprint density at radius 1 is 1.24 bits per heavy atom. The van der Waals surface area contributed by atoms with E-state index in [2.05, 4.69) is 10.3 Å². The van der Waals surface area contributed by atoms with Crippen LogP contribution in [0.5, 0.6) is 5.75 Å². The largest absolute Gasteiger partial charge is 0.493 e. The summed E-state index contributed by atoms with van der Waals surface area (Å²) in [5.41, 5.74) is -0.554. The van der Waals surface area contributed by atoms with Crippen LogP contribution >= 0.6 is 11.3 Å². The van der Waals surface area contributed by atoms with Crippen LogP contribution in [0.15, 0.2) is 23.6 Å². The Bertz CT molecular complexity index is 960. The zero-order valence-electron chi connectivity index (χ0n) is 17.7. The normalized spacial score (nSPS) is 16.8. The van der Waals surface area contributed by atoms with Gasteiger partial charge in [0.05, 0.1) is 23.9 Å². The molecule has 182 valence electrons. The molecule has 3 rings (SSSR count). The molecule has 2 aromatic rings. The Morgan fingerprint density at radius 2 is 2.00 bits per heavy atom. The highest BCUT2D eigenvalue weighted by atomic mass is 32.1. The second-order valence-electron chi connectivity index (χ2n) is 7.62. The summed E-state index contributed by atoms with van der Waals surface area (Å²) in [4.78, 5) is 16.6. The van der Waals surface area contributed by atoms with Crippen molar-refractivity contribution >= 4 is 28.1 Å². The first-order chi connectivity index (χ1) is 15.5. The van der Waals surface area contributed by atoms with Gasteiger partial charge in [0.25, 0.3) is 0 Å². The van der Waals surface area contributed by atoms with E-state index in [1.54, 1.807) is 0 Å². The number of unbranched alkanes of at least 4 members (excludes halogenated alkanes) is 2. The lowest BCUT2D eigenvalue weighted by Gasteiger charge is -2.24. The second kappa shape index (κ2) is 10.2. The van der Waals surface area contributed by atoms with Crippen molar-refractivity contribution in [1.29, 1.82) is 0 Å². The predicted molar refractivity (Wildman–Crippen MR) is 112 cm³/mol. The fraction of sp³-hybridized carbons (Fsp3) is 0.524. The molecule has 0 saturated carbocycles. The standard InChI is InChI=1S/C21H23F6N3O2S/c1-2-3-4-10-32-17-8-7-13(11-14(17)20(22,23)24)28-19-29-15(12-33-19)16-6-5-9-30(16)18(31)21(25,26)27/h7-8,11-12,16H,2-6,9-10H2,1H3,(H,28,29). The molecule has 5 nitrogen and oxygen atoms in total. The number of carbonyl (C=O) groups is 1. The molecule has 1 amide bonds. The third kappa shape index (κ3) is 6.30. The van der Waals surface area contributed by atoms with Gasteiger partial charge in [-0.25, -0.2) is 4.98 Å². The van der Waals surface area contributed by atoms with Gasteiger partial charge in [-0.05, 0) is 37.5 Å². The maximum atomic E-state index is 13.5. The van der Waals surface area contributed by atoms with E-state index in [0.29, 0.717) is 19.3 Å². The Hall–Kier alpha value is -2.50. The molecule has 12 heteroatoms. The number of halogens is 6. The third-order valence-corrected chi connectivity index (χ3v) is 5.94. The van der Waals surface area contributed by atoms with E-state index in [1.165, 1.54) is 17.5 Å². The minimum Gasteiger partial charge on any atom is -0.493 e. The van der Waals surface area contributed by atoms with Crippen molar-refractivity contribution in [2.75, 3.05) is 18.5 Å². The molecular formula is C21H23F6N3O2S. The maximum Gasteiger partial charge on any atom is 0.471 e. The van der Waals surface area contributed by atoms with Crippen LogP contribution in [0.2, 0.25) is 0 Å². The van der Waals surface area contributed by atoms with E-state index >= 15 is 0 Å². The van der Waals surface area contributed by atoms with E-state index in [9.17, 15) is 31.1 Å². The zero-order valence-corrected chi connectivity index (χ0v) is 18.5. The lowest BCUT2D eigenvalue weighted by molar-refractivity contribution is -0.186.